The summed E-state index contributed by atoms with van der Waals surface area (Å²) in [6, 6.07) is -0.907. The summed E-state index contributed by atoms with van der Waals surface area (Å²) in [6.45, 7) is 1.55. The Bertz CT molecular complexity index is 367. The van der Waals surface area contributed by atoms with Gasteiger partial charge >= 0.3 is 18.2 Å². The van der Waals surface area contributed by atoms with E-state index in [-0.39, 0.29) is 12.0 Å². The van der Waals surface area contributed by atoms with Crippen LogP contribution in [-0.4, -0.2) is 58.8 Å². The molecule has 5 nitrogen and oxygen atoms in total. The third kappa shape index (κ3) is 5.66. The fraction of sp³-hybridized carbons (Fsp3) is 0.833. The van der Waals surface area contributed by atoms with Gasteiger partial charge in [0.25, 0.3) is 0 Å². The zero-order valence-corrected chi connectivity index (χ0v) is 11.5. The first-order valence-electron chi connectivity index (χ1n) is 6.44. The van der Waals surface area contributed by atoms with Gasteiger partial charge in [-0.05, 0) is 18.8 Å². The van der Waals surface area contributed by atoms with Crippen LogP contribution in [0.15, 0.2) is 0 Å². The molecule has 1 rings (SSSR count). The number of rotatable bonds is 6. The Hall–Kier alpha value is -1.47. The molecule has 0 spiro atoms. The van der Waals surface area contributed by atoms with Crippen LogP contribution in [0.4, 0.5) is 18.0 Å². The lowest BCUT2D eigenvalue weighted by Gasteiger charge is -2.31. The Morgan fingerprint density at radius 1 is 1.30 bits per heavy atom. The number of carbonyl (C=O) groups excluding carboxylic acids is 1. The van der Waals surface area contributed by atoms with Crippen molar-refractivity contribution >= 4 is 12.0 Å². The van der Waals surface area contributed by atoms with Gasteiger partial charge in [0.05, 0.1) is 0 Å². The van der Waals surface area contributed by atoms with Crippen LogP contribution in [0.3, 0.4) is 0 Å². The molecule has 0 aromatic heterocycles. The van der Waals surface area contributed by atoms with Gasteiger partial charge < -0.3 is 14.9 Å². The summed E-state index contributed by atoms with van der Waals surface area (Å²) in [5.41, 5.74) is 0. The van der Waals surface area contributed by atoms with Gasteiger partial charge in [0.2, 0.25) is 0 Å². The van der Waals surface area contributed by atoms with Crippen molar-refractivity contribution in [2.24, 2.45) is 5.92 Å². The predicted octanol–water partition coefficient (Wildman–Crippen LogP) is 2.18. The molecule has 1 fully saturated rings. The molecule has 0 heterocycles. The number of carboxylic acid groups (broad SMARTS) is 1. The lowest BCUT2D eigenvalue weighted by molar-refractivity contribution is -0.149. The third-order valence-corrected chi connectivity index (χ3v) is 2.76. The van der Waals surface area contributed by atoms with Crippen LogP contribution in [0, 0.1) is 5.92 Å². The highest BCUT2D eigenvalue weighted by atomic mass is 19.4. The van der Waals surface area contributed by atoms with E-state index in [4.69, 9.17) is 5.11 Å². The van der Waals surface area contributed by atoms with Crippen molar-refractivity contribution in [3.05, 3.63) is 0 Å². The number of urea groups is 1. The van der Waals surface area contributed by atoms with E-state index in [9.17, 15) is 22.8 Å². The predicted molar refractivity (Wildman–Crippen MR) is 65.2 cm³/mol. The van der Waals surface area contributed by atoms with Crippen molar-refractivity contribution < 1.29 is 27.9 Å². The van der Waals surface area contributed by atoms with Crippen molar-refractivity contribution in [2.75, 3.05) is 19.6 Å². The summed E-state index contributed by atoms with van der Waals surface area (Å²) in [6.07, 6.45) is -3.10. The molecule has 0 aromatic carbocycles. The summed E-state index contributed by atoms with van der Waals surface area (Å²) in [5.74, 6) is -1.35. The minimum absolute atomic E-state index is 0.0607. The highest BCUT2D eigenvalue weighted by molar-refractivity contribution is 5.80. The molecule has 2 amide bonds. The van der Waals surface area contributed by atoms with Crippen LogP contribution in [0.5, 0.6) is 0 Å². The van der Waals surface area contributed by atoms with E-state index in [1.54, 1.807) is 0 Å². The van der Waals surface area contributed by atoms with E-state index < -0.39 is 31.3 Å². The molecule has 20 heavy (non-hydrogen) atoms. The van der Waals surface area contributed by atoms with E-state index >= 15 is 0 Å². The first-order chi connectivity index (χ1) is 9.10. The summed E-state index contributed by atoms with van der Waals surface area (Å²) < 4.78 is 37.4. The maximum Gasteiger partial charge on any atom is 0.406 e. The maximum atomic E-state index is 12.5. The van der Waals surface area contributed by atoms with Crippen LogP contribution in [0.2, 0.25) is 0 Å². The largest absolute Gasteiger partial charge is 0.480 e. The third-order valence-electron chi connectivity index (χ3n) is 2.76. The number of hydrogen-bond donors (Lipinski definition) is 1. The first kappa shape index (κ1) is 16.6. The average molecular weight is 296 g/mol. The van der Waals surface area contributed by atoms with Gasteiger partial charge in [0.15, 0.2) is 0 Å². The van der Waals surface area contributed by atoms with E-state index in [1.807, 2.05) is 13.8 Å². The summed E-state index contributed by atoms with van der Waals surface area (Å²) in [7, 11) is 0. The summed E-state index contributed by atoms with van der Waals surface area (Å²) >= 11 is 0. The molecule has 0 radical (unpaired) electrons. The van der Waals surface area contributed by atoms with Gasteiger partial charge in [-0.3, -0.25) is 4.79 Å². The highest BCUT2D eigenvalue weighted by Gasteiger charge is 2.39. The number of hydrogen-bond acceptors (Lipinski definition) is 2. The molecule has 0 atom stereocenters. The molecule has 0 aliphatic heterocycles. The fourth-order valence-corrected chi connectivity index (χ4v) is 1.92. The molecule has 116 valence electrons. The van der Waals surface area contributed by atoms with Crippen LogP contribution in [0.25, 0.3) is 0 Å². The van der Waals surface area contributed by atoms with Crippen molar-refractivity contribution in [2.45, 2.75) is 38.9 Å². The molecule has 1 saturated carbocycles. The fourth-order valence-electron chi connectivity index (χ4n) is 1.92. The highest BCUT2D eigenvalue weighted by Crippen LogP contribution is 2.29. The molecule has 8 heteroatoms. The summed E-state index contributed by atoms with van der Waals surface area (Å²) in [5, 5.41) is 8.67. The van der Waals surface area contributed by atoms with Crippen LogP contribution < -0.4 is 0 Å². The van der Waals surface area contributed by atoms with Crippen molar-refractivity contribution in [1.82, 2.24) is 9.80 Å². The van der Waals surface area contributed by atoms with Crippen LogP contribution in [-0.2, 0) is 4.79 Å². The van der Waals surface area contributed by atoms with E-state index in [1.165, 1.54) is 4.90 Å². The van der Waals surface area contributed by atoms with Crippen LogP contribution in [0.1, 0.15) is 26.7 Å². The van der Waals surface area contributed by atoms with Gasteiger partial charge in [-0.1, -0.05) is 13.8 Å². The van der Waals surface area contributed by atoms with Gasteiger partial charge in [-0.25, -0.2) is 4.79 Å². The number of nitrogens with zero attached hydrogens (tertiary/aromatic N) is 2. The quantitative estimate of drug-likeness (QED) is 0.817. The number of aliphatic carboxylic acids is 1. The number of alkyl halides is 3. The summed E-state index contributed by atoms with van der Waals surface area (Å²) in [4.78, 5) is 24.5. The topological polar surface area (TPSA) is 60.9 Å². The standard InChI is InChI=1S/C12H19F3N2O3/c1-8(2)5-17(9-3-4-9)11(20)16(6-10(18)19)7-12(13,14)15/h8-9H,3-7H2,1-2H3,(H,18,19). The Balaban J connectivity index is 2.80. The Kier molecular flexibility index (Phi) is 5.24. The Labute approximate surface area is 115 Å². The van der Waals surface area contributed by atoms with Gasteiger partial charge in [-0.2, -0.15) is 13.2 Å². The van der Waals surface area contributed by atoms with Crippen molar-refractivity contribution in [3.8, 4) is 0 Å². The molecule has 0 unspecified atom stereocenters. The van der Waals surface area contributed by atoms with E-state index in [0.29, 0.717) is 11.4 Å². The second-order valence-corrected chi connectivity index (χ2v) is 5.42. The zero-order chi connectivity index (χ0) is 15.5. The van der Waals surface area contributed by atoms with Crippen molar-refractivity contribution in [1.29, 1.82) is 0 Å². The number of amides is 2. The molecule has 0 aromatic rings. The number of carboxylic acids is 1. The molecule has 1 aliphatic carbocycles. The number of halogens is 3. The van der Waals surface area contributed by atoms with Gasteiger partial charge in [-0.15, -0.1) is 0 Å². The second-order valence-electron chi connectivity index (χ2n) is 5.42. The molecular weight excluding hydrogens is 277 g/mol. The van der Waals surface area contributed by atoms with Gasteiger partial charge in [0.1, 0.15) is 13.1 Å². The smallest absolute Gasteiger partial charge is 0.406 e. The molecule has 0 saturated heterocycles. The van der Waals surface area contributed by atoms with E-state index in [2.05, 4.69) is 0 Å². The SMILES string of the molecule is CC(C)CN(C(=O)N(CC(=O)O)CC(F)(F)F)C1CC1. The first-order valence-corrected chi connectivity index (χ1v) is 6.44. The molecular formula is C12H19F3N2O3. The number of carbonyl (C=O) groups is 2. The second kappa shape index (κ2) is 6.32. The van der Waals surface area contributed by atoms with Crippen LogP contribution >= 0.6 is 0 Å². The Morgan fingerprint density at radius 2 is 1.85 bits per heavy atom. The minimum Gasteiger partial charge on any atom is -0.480 e. The average Bonchev–Trinajstić information content (AvgIpc) is 3.04. The monoisotopic (exact) mass is 296 g/mol. The lowest BCUT2D eigenvalue weighted by atomic mass is 10.2. The van der Waals surface area contributed by atoms with Crippen molar-refractivity contribution in [3.63, 3.8) is 0 Å². The molecule has 1 N–H and O–H groups in total. The minimum atomic E-state index is -4.61. The van der Waals surface area contributed by atoms with E-state index in [0.717, 1.165) is 12.8 Å². The maximum absolute atomic E-state index is 12.5. The lowest BCUT2D eigenvalue weighted by Crippen LogP contribution is -2.50. The molecule has 1 aliphatic rings. The Morgan fingerprint density at radius 3 is 2.20 bits per heavy atom. The van der Waals surface area contributed by atoms with Gasteiger partial charge in [0, 0.05) is 12.6 Å². The normalized spacial score (nSPS) is 15.3. The zero-order valence-electron chi connectivity index (χ0n) is 11.5. The molecule has 0 bridgehead atoms.